The summed E-state index contributed by atoms with van der Waals surface area (Å²) in [6, 6.07) is 0. The van der Waals surface area contributed by atoms with E-state index in [-0.39, 0.29) is 0 Å². The van der Waals surface area contributed by atoms with Crippen molar-refractivity contribution in [2.24, 2.45) is 5.73 Å². The average Bonchev–Trinajstić information content (AvgIpc) is 2.06. The van der Waals surface area contributed by atoms with Crippen LogP contribution >= 0.6 is 0 Å². The topological polar surface area (TPSA) is 29.3 Å². The maximum absolute atomic E-state index is 5.76. The van der Waals surface area contributed by atoms with Crippen LogP contribution in [0.3, 0.4) is 0 Å². The van der Waals surface area contributed by atoms with Crippen LogP contribution in [0.2, 0.25) is 0 Å². The van der Waals surface area contributed by atoms with Crippen LogP contribution in [0.25, 0.3) is 0 Å². The van der Waals surface area contributed by atoms with Gasteiger partial charge in [-0.05, 0) is 18.2 Å². The van der Waals surface area contributed by atoms with Gasteiger partial charge in [0, 0.05) is 12.7 Å². The second kappa shape index (κ2) is 2.31. The van der Waals surface area contributed by atoms with Gasteiger partial charge in [-0.25, -0.2) is 0 Å². The SMILES string of the molecule is NC1=C2C=CC=CN2CC=C1. The molecular formula is C9H10N2. The number of hydrogen-bond donors (Lipinski definition) is 1. The van der Waals surface area contributed by atoms with Crippen LogP contribution in [-0.4, -0.2) is 11.4 Å². The predicted molar refractivity (Wildman–Crippen MR) is 45.3 cm³/mol. The standard InChI is InChI=1S/C9H10N2/c10-8-4-3-7-11-6-2-1-5-9(8)11/h1-6H,7,10H2. The molecule has 0 amide bonds. The van der Waals surface area contributed by atoms with E-state index in [0.717, 1.165) is 17.9 Å². The van der Waals surface area contributed by atoms with Gasteiger partial charge >= 0.3 is 0 Å². The highest BCUT2D eigenvalue weighted by Crippen LogP contribution is 2.17. The molecule has 0 aromatic carbocycles. The average molecular weight is 146 g/mol. The molecule has 2 heterocycles. The Labute approximate surface area is 66.0 Å². The minimum absolute atomic E-state index is 0.844. The van der Waals surface area contributed by atoms with Gasteiger partial charge in [-0.1, -0.05) is 12.2 Å². The van der Waals surface area contributed by atoms with Crippen LogP contribution in [0.1, 0.15) is 0 Å². The molecule has 0 saturated heterocycles. The molecule has 0 spiro atoms. The molecule has 11 heavy (non-hydrogen) atoms. The van der Waals surface area contributed by atoms with Crippen LogP contribution in [-0.2, 0) is 0 Å². The first-order valence-corrected chi connectivity index (χ1v) is 3.66. The van der Waals surface area contributed by atoms with E-state index >= 15 is 0 Å². The quantitative estimate of drug-likeness (QED) is 0.554. The van der Waals surface area contributed by atoms with Crippen molar-refractivity contribution >= 4 is 0 Å². The van der Waals surface area contributed by atoms with E-state index in [0.29, 0.717) is 0 Å². The fourth-order valence-electron chi connectivity index (χ4n) is 1.28. The third-order valence-electron chi connectivity index (χ3n) is 1.84. The molecule has 2 N–H and O–H groups in total. The molecule has 0 fully saturated rings. The maximum Gasteiger partial charge on any atom is 0.0642 e. The Bertz CT molecular complexity index is 282. The summed E-state index contributed by atoms with van der Waals surface area (Å²) in [7, 11) is 0. The molecule has 2 aliphatic heterocycles. The van der Waals surface area contributed by atoms with E-state index in [2.05, 4.69) is 11.0 Å². The van der Waals surface area contributed by atoms with Crippen LogP contribution in [0.4, 0.5) is 0 Å². The highest BCUT2D eigenvalue weighted by atomic mass is 15.1. The van der Waals surface area contributed by atoms with Gasteiger partial charge in [-0.2, -0.15) is 0 Å². The van der Waals surface area contributed by atoms with Crippen molar-refractivity contribution in [1.29, 1.82) is 0 Å². The summed E-state index contributed by atoms with van der Waals surface area (Å²) in [4.78, 5) is 2.12. The molecule has 0 radical (unpaired) electrons. The van der Waals surface area contributed by atoms with E-state index in [9.17, 15) is 0 Å². The van der Waals surface area contributed by atoms with Gasteiger partial charge in [0.2, 0.25) is 0 Å². The van der Waals surface area contributed by atoms with Crippen molar-refractivity contribution in [3.8, 4) is 0 Å². The molecule has 0 aromatic heterocycles. The van der Waals surface area contributed by atoms with Crippen molar-refractivity contribution < 1.29 is 0 Å². The highest BCUT2D eigenvalue weighted by Gasteiger charge is 2.10. The smallest absolute Gasteiger partial charge is 0.0642 e. The fourth-order valence-corrected chi connectivity index (χ4v) is 1.28. The summed E-state index contributed by atoms with van der Waals surface area (Å²) in [6.45, 7) is 0.927. The lowest BCUT2D eigenvalue weighted by Crippen LogP contribution is -2.23. The molecule has 2 aliphatic rings. The van der Waals surface area contributed by atoms with Crippen molar-refractivity contribution in [1.82, 2.24) is 4.90 Å². The molecule has 0 atom stereocenters. The molecule has 0 aliphatic carbocycles. The summed E-state index contributed by atoms with van der Waals surface area (Å²) in [5, 5.41) is 0. The molecule has 0 unspecified atom stereocenters. The normalized spacial score (nSPS) is 20.9. The van der Waals surface area contributed by atoms with E-state index in [1.54, 1.807) is 0 Å². The van der Waals surface area contributed by atoms with E-state index < -0.39 is 0 Å². The van der Waals surface area contributed by atoms with Crippen molar-refractivity contribution in [2.75, 3.05) is 6.54 Å². The van der Waals surface area contributed by atoms with Crippen LogP contribution in [0, 0.1) is 0 Å². The molecule has 2 heteroatoms. The zero-order chi connectivity index (χ0) is 7.68. The minimum Gasteiger partial charge on any atom is -0.397 e. The monoisotopic (exact) mass is 146 g/mol. The van der Waals surface area contributed by atoms with E-state index in [1.165, 1.54) is 0 Å². The van der Waals surface area contributed by atoms with Gasteiger partial charge in [0.15, 0.2) is 0 Å². The van der Waals surface area contributed by atoms with Gasteiger partial charge in [0.1, 0.15) is 0 Å². The molecule has 2 nitrogen and oxygen atoms in total. The lowest BCUT2D eigenvalue weighted by atomic mass is 10.1. The number of allylic oxidation sites excluding steroid dienone is 4. The first-order chi connectivity index (χ1) is 5.38. The Balaban J connectivity index is 2.43. The second-order valence-electron chi connectivity index (χ2n) is 2.60. The van der Waals surface area contributed by atoms with Crippen LogP contribution < -0.4 is 5.73 Å². The summed E-state index contributed by atoms with van der Waals surface area (Å²) in [6.07, 6.45) is 12.1. The Morgan fingerprint density at radius 3 is 3.00 bits per heavy atom. The number of nitrogens with zero attached hydrogens (tertiary/aromatic N) is 1. The lowest BCUT2D eigenvalue weighted by Gasteiger charge is -2.25. The molecule has 0 bridgehead atoms. The molecular weight excluding hydrogens is 136 g/mol. The summed E-state index contributed by atoms with van der Waals surface area (Å²) in [5.74, 6) is 0. The molecule has 56 valence electrons. The van der Waals surface area contributed by atoms with E-state index in [1.807, 2.05) is 30.5 Å². The molecule has 0 saturated carbocycles. The number of rotatable bonds is 0. The number of fused-ring (bicyclic) bond motifs is 1. The zero-order valence-electron chi connectivity index (χ0n) is 6.20. The Hall–Kier alpha value is -1.44. The van der Waals surface area contributed by atoms with Gasteiger partial charge in [0.25, 0.3) is 0 Å². The number of hydrogen-bond acceptors (Lipinski definition) is 2. The fraction of sp³-hybridized carbons (Fsp3) is 0.111. The van der Waals surface area contributed by atoms with Crippen LogP contribution in [0.5, 0.6) is 0 Å². The summed E-state index contributed by atoms with van der Waals surface area (Å²) in [5.41, 5.74) is 7.71. The van der Waals surface area contributed by atoms with Crippen LogP contribution in [0.15, 0.2) is 48.0 Å². The van der Waals surface area contributed by atoms with Gasteiger partial charge in [-0.15, -0.1) is 0 Å². The third kappa shape index (κ3) is 0.963. The Kier molecular flexibility index (Phi) is 1.32. The predicted octanol–water partition coefficient (Wildman–Crippen LogP) is 1.11. The third-order valence-corrected chi connectivity index (χ3v) is 1.84. The number of nitrogens with two attached hydrogens (primary N) is 1. The van der Waals surface area contributed by atoms with Gasteiger partial charge in [-0.3, -0.25) is 0 Å². The largest absolute Gasteiger partial charge is 0.397 e. The minimum atomic E-state index is 0.844. The maximum atomic E-state index is 5.76. The molecule has 2 rings (SSSR count). The Morgan fingerprint density at radius 1 is 1.27 bits per heavy atom. The van der Waals surface area contributed by atoms with Gasteiger partial charge < -0.3 is 10.6 Å². The van der Waals surface area contributed by atoms with Crippen molar-refractivity contribution in [3.05, 3.63) is 48.0 Å². The molecule has 0 aromatic rings. The first-order valence-electron chi connectivity index (χ1n) is 3.66. The highest BCUT2D eigenvalue weighted by molar-refractivity contribution is 5.38. The summed E-state index contributed by atoms with van der Waals surface area (Å²) < 4.78 is 0. The van der Waals surface area contributed by atoms with Crippen molar-refractivity contribution in [3.63, 3.8) is 0 Å². The van der Waals surface area contributed by atoms with E-state index in [4.69, 9.17) is 5.73 Å². The first kappa shape index (κ1) is 6.28. The zero-order valence-corrected chi connectivity index (χ0v) is 6.20. The lowest BCUT2D eigenvalue weighted by molar-refractivity contribution is 0.516. The van der Waals surface area contributed by atoms with Gasteiger partial charge in [0.05, 0.1) is 11.4 Å². The second-order valence-corrected chi connectivity index (χ2v) is 2.60. The summed E-state index contributed by atoms with van der Waals surface area (Å²) >= 11 is 0. The van der Waals surface area contributed by atoms with Crippen molar-refractivity contribution in [2.45, 2.75) is 0 Å². The Morgan fingerprint density at radius 2 is 2.18 bits per heavy atom.